The maximum Gasteiger partial charge on any atom is 0.244 e. The number of hydrogen-bond donors (Lipinski definition) is 1. The van der Waals surface area contributed by atoms with Crippen LogP contribution in [-0.2, 0) is 17.9 Å². The molecule has 5 nitrogen and oxygen atoms in total. The number of amides is 1. The first-order valence-corrected chi connectivity index (χ1v) is 10.9. The molecule has 2 heterocycles. The summed E-state index contributed by atoms with van der Waals surface area (Å²) in [5.41, 5.74) is 3.20. The average Bonchev–Trinajstić information content (AvgIpc) is 3.14. The molecule has 6 heteroatoms. The lowest BCUT2D eigenvalue weighted by atomic mass is 10.1. The molecule has 0 aromatic heterocycles. The number of likely N-dealkylation sites (tertiary alicyclic amines) is 1. The summed E-state index contributed by atoms with van der Waals surface area (Å²) >= 11 is 6.30. The Kier molecular flexibility index (Phi) is 6.92. The van der Waals surface area contributed by atoms with Crippen molar-refractivity contribution in [2.45, 2.75) is 32.4 Å². The molecule has 0 spiro atoms. The highest BCUT2D eigenvalue weighted by atomic mass is 35.5. The van der Waals surface area contributed by atoms with Crippen molar-refractivity contribution in [1.82, 2.24) is 10.2 Å². The van der Waals surface area contributed by atoms with Crippen molar-refractivity contribution in [1.29, 1.82) is 0 Å². The Morgan fingerprint density at radius 3 is 2.57 bits per heavy atom. The fourth-order valence-corrected chi connectivity index (χ4v) is 4.00. The maximum atomic E-state index is 12.2. The number of nitrogens with zero attached hydrogens (tertiary/aromatic N) is 1. The van der Waals surface area contributed by atoms with Crippen LogP contribution in [0.25, 0.3) is 6.08 Å². The minimum absolute atomic E-state index is 0.153. The van der Waals surface area contributed by atoms with Gasteiger partial charge in [0.15, 0.2) is 11.5 Å². The number of carbonyl (C=O) groups excluding carboxylic acids is 1. The smallest absolute Gasteiger partial charge is 0.244 e. The lowest BCUT2D eigenvalue weighted by Crippen LogP contribution is -2.20. The number of rotatable bonds is 6. The topological polar surface area (TPSA) is 50.8 Å². The molecule has 0 radical (unpaired) electrons. The molecule has 0 bridgehead atoms. The van der Waals surface area contributed by atoms with Gasteiger partial charge in [0, 0.05) is 25.6 Å². The zero-order valence-corrected chi connectivity index (χ0v) is 17.8. The second-order valence-electron chi connectivity index (χ2n) is 7.73. The highest BCUT2D eigenvalue weighted by Crippen LogP contribution is 2.38. The maximum absolute atomic E-state index is 12.2. The molecule has 0 saturated carbocycles. The fraction of sp³-hybridized carbons (Fsp3) is 0.375. The van der Waals surface area contributed by atoms with Crippen LogP contribution in [0, 0.1) is 0 Å². The molecule has 1 amide bonds. The molecular formula is C24H27ClN2O3. The molecule has 2 aromatic rings. The van der Waals surface area contributed by atoms with Crippen molar-refractivity contribution in [2.24, 2.45) is 0 Å². The number of nitrogens with one attached hydrogen (secondary N) is 1. The van der Waals surface area contributed by atoms with E-state index in [0.717, 1.165) is 24.1 Å². The fourth-order valence-electron chi connectivity index (χ4n) is 3.73. The number of hydrogen-bond acceptors (Lipinski definition) is 4. The molecule has 30 heavy (non-hydrogen) atoms. The number of benzene rings is 2. The molecule has 0 atom stereocenters. The molecule has 2 aromatic carbocycles. The normalized spacial score (nSPS) is 16.6. The van der Waals surface area contributed by atoms with Gasteiger partial charge in [0.1, 0.15) is 0 Å². The summed E-state index contributed by atoms with van der Waals surface area (Å²) in [6.45, 7) is 5.07. The van der Waals surface area contributed by atoms with Crippen molar-refractivity contribution >= 4 is 23.6 Å². The summed E-state index contributed by atoms with van der Waals surface area (Å²) < 4.78 is 11.3. The van der Waals surface area contributed by atoms with Gasteiger partial charge in [-0.15, -0.1) is 0 Å². The Bertz CT molecular complexity index is 905. The quantitative estimate of drug-likeness (QED) is 0.694. The van der Waals surface area contributed by atoms with Crippen LogP contribution in [-0.4, -0.2) is 37.1 Å². The average molecular weight is 427 g/mol. The zero-order chi connectivity index (χ0) is 20.8. The van der Waals surface area contributed by atoms with Crippen LogP contribution in [0.4, 0.5) is 0 Å². The molecule has 158 valence electrons. The van der Waals surface area contributed by atoms with Gasteiger partial charge in [-0.1, -0.05) is 35.9 Å². The van der Waals surface area contributed by atoms with E-state index in [-0.39, 0.29) is 5.91 Å². The van der Waals surface area contributed by atoms with Gasteiger partial charge in [-0.05, 0) is 60.8 Å². The van der Waals surface area contributed by atoms with Crippen LogP contribution < -0.4 is 14.8 Å². The second kappa shape index (κ2) is 10.0. The van der Waals surface area contributed by atoms with Crippen molar-refractivity contribution in [3.05, 3.63) is 64.2 Å². The first-order chi connectivity index (χ1) is 14.7. The number of halogens is 1. The second-order valence-corrected chi connectivity index (χ2v) is 8.14. The van der Waals surface area contributed by atoms with E-state index in [9.17, 15) is 4.79 Å². The summed E-state index contributed by atoms with van der Waals surface area (Å²) in [5.74, 6) is 1.04. The Balaban J connectivity index is 1.29. The molecule has 0 unspecified atom stereocenters. The summed E-state index contributed by atoms with van der Waals surface area (Å²) in [6.07, 6.45) is 6.66. The minimum Gasteiger partial charge on any atom is -0.489 e. The highest BCUT2D eigenvalue weighted by molar-refractivity contribution is 6.32. The highest BCUT2D eigenvalue weighted by Gasteiger charge is 2.15. The van der Waals surface area contributed by atoms with E-state index >= 15 is 0 Å². The SMILES string of the molecule is O=C(/C=C/c1cc(Cl)c2c(c1)OCCCO2)NCc1ccc(CN2CCCC2)cc1. The van der Waals surface area contributed by atoms with Crippen molar-refractivity contribution in [3.8, 4) is 11.5 Å². The first kappa shape index (κ1) is 20.8. The van der Waals surface area contributed by atoms with Crippen LogP contribution >= 0.6 is 11.6 Å². The van der Waals surface area contributed by atoms with Crippen LogP contribution in [0.2, 0.25) is 5.02 Å². The van der Waals surface area contributed by atoms with E-state index < -0.39 is 0 Å². The van der Waals surface area contributed by atoms with Crippen LogP contribution in [0.15, 0.2) is 42.5 Å². The molecule has 2 aliphatic heterocycles. The van der Waals surface area contributed by atoms with Gasteiger partial charge in [-0.25, -0.2) is 0 Å². The molecule has 4 rings (SSSR count). The largest absolute Gasteiger partial charge is 0.489 e. The monoisotopic (exact) mass is 426 g/mol. The zero-order valence-electron chi connectivity index (χ0n) is 17.0. The van der Waals surface area contributed by atoms with Gasteiger partial charge in [0.25, 0.3) is 0 Å². The lowest BCUT2D eigenvalue weighted by Gasteiger charge is -2.14. The van der Waals surface area contributed by atoms with E-state index in [1.807, 2.05) is 6.07 Å². The Hall–Kier alpha value is -2.50. The van der Waals surface area contributed by atoms with Gasteiger partial charge >= 0.3 is 0 Å². The van der Waals surface area contributed by atoms with Crippen molar-refractivity contribution in [2.75, 3.05) is 26.3 Å². The van der Waals surface area contributed by atoms with Gasteiger partial charge in [0.05, 0.1) is 18.2 Å². The molecule has 2 aliphatic rings. The van der Waals surface area contributed by atoms with E-state index in [2.05, 4.69) is 34.5 Å². The molecule has 0 aliphatic carbocycles. The van der Waals surface area contributed by atoms with Crippen molar-refractivity contribution in [3.63, 3.8) is 0 Å². The van der Waals surface area contributed by atoms with E-state index in [4.69, 9.17) is 21.1 Å². The van der Waals surface area contributed by atoms with E-state index in [1.165, 1.54) is 37.6 Å². The standard InChI is InChI=1S/C24H27ClN2O3/c25-21-14-20(15-22-24(21)30-13-3-12-29-22)8-9-23(28)26-16-18-4-6-19(7-5-18)17-27-10-1-2-11-27/h4-9,14-15H,1-3,10-13,16-17H2,(H,26,28)/b9-8+. The third-order valence-electron chi connectivity index (χ3n) is 5.35. The third-order valence-corrected chi connectivity index (χ3v) is 5.63. The first-order valence-electron chi connectivity index (χ1n) is 10.5. The van der Waals surface area contributed by atoms with Gasteiger partial charge < -0.3 is 14.8 Å². The molecule has 1 saturated heterocycles. The van der Waals surface area contributed by atoms with E-state index in [0.29, 0.717) is 36.3 Å². The number of fused-ring (bicyclic) bond motifs is 1. The number of ether oxygens (including phenoxy) is 2. The molecular weight excluding hydrogens is 400 g/mol. The Labute approximate surface area is 182 Å². The van der Waals surface area contributed by atoms with Crippen LogP contribution in [0.3, 0.4) is 0 Å². The summed E-state index contributed by atoms with van der Waals surface area (Å²) in [4.78, 5) is 14.7. The van der Waals surface area contributed by atoms with Crippen LogP contribution in [0.1, 0.15) is 36.0 Å². The summed E-state index contributed by atoms with van der Waals surface area (Å²) in [7, 11) is 0. The van der Waals surface area contributed by atoms with Gasteiger partial charge in [-0.3, -0.25) is 9.69 Å². The predicted octanol–water partition coefficient (Wildman–Crippen LogP) is 4.43. The molecule has 1 N–H and O–H groups in total. The molecule has 1 fully saturated rings. The summed E-state index contributed by atoms with van der Waals surface area (Å²) in [6, 6.07) is 12.1. The van der Waals surface area contributed by atoms with E-state index in [1.54, 1.807) is 12.1 Å². The summed E-state index contributed by atoms with van der Waals surface area (Å²) in [5, 5.41) is 3.41. The van der Waals surface area contributed by atoms with Crippen molar-refractivity contribution < 1.29 is 14.3 Å². The van der Waals surface area contributed by atoms with Gasteiger partial charge in [-0.2, -0.15) is 0 Å². The van der Waals surface area contributed by atoms with Crippen LogP contribution in [0.5, 0.6) is 11.5 Å². The Morgan fingerprint density at radius 2 is 1.77 bits per heavy atom. The predicted molar refractivity (Wildman–Crippen MR) is 119 cm³/mol. The number of carbonyl (C=O) groups is 1. The Morgan fingerprint density at radius 1 is 1.03 bits per heavy atom. The third kappa shape index (κ3) is 5.55. The minimum atomic E-state index is -0.153. The lowest BCUT2D eigenvalue weighted by molar-refractivity contribution is -0.116. The van der Waals surface area contributed by atoms with Gasteiger partial charge in [0.2, 0.25) is 5.91 Å².